The molecule has 1 aromatic heterocycles. The predicted octanol–water partition coefficient (Wildman–Crippen LogP) is 4.29. The van der Waals surface area contributed by atoms with Gasteiger partial charge in [-0.15, -0.1) is 0 Å². The van der Waals surface area contributed by atoms with Crippen molar-refractivity contribution >= 4 is 17.7 Å². The molecule has 0 fully saturated rings. The van der Waals surface area contributed by atoms with Gasteiger partial charge in [-0.25, -0.2) is 23.4 Å². The number of nitrogens with zero attached hydrogens (tertiary/aromatic N) is 1. The molecule has 1 aromatic carbocycles. The maximum atomic E-state index is 14.2. The van der Waals surface area contributed by atoms with Crippen molar-refractivity contribution in [1.29, 1.82) is 0 Å². The third-order valence-corrected chi connectivity index (χ3v) is 3.00. The van der Waals surface area contributed by atoms with Gasteiger partial charge in [-0.05, 0) is 26.8 Å². The monoisotopic (exact) mass is 380 g/mol. The SMILES string of the molecule is COC(=O)c1cc(Oc2cc(F)cc(F)c2NC(=O)OC(C)(C)C)ccn1. The number of rotatable bonds is 4. The van der Waals surface area contributed by atoms with E-state index in [2.05, 4.69) is 15.0 Å². The Balaban J connectivity index is 2.34. The number of anilines is 1. The molecule has 0 aliphatic rings. The molecule has 0 radical (unpaired) electrons. The molecule has 0 aliphatic carbocycles. The van der Waals surface area contributed by atoms with Gasteiger partial charge in [0.25, 0.3) is 0 Å². The van der Waals surface area contributed by atoms with Crippen LogP contribution in [-0.4, -0.2) is 29.8 Å². The molecule has 2 aromatic rings. The molecule has 27 heavy (non-hydrogen) atoms. The van der Waals surface area contributed by atoms with Crippen molar-refractivity contribution in [3.05, 3.63) is 47.8 Å². The topological polar surface area (TPSA) is 86.8 Å². The Morgan fingerprint density at radius 3 is 2.48 bits per heavy atom. The van der Waals surface area contributed by atoms with Crippen LogP contribution in [-0.2, 0) is 9.47 Å². The summed E-state index contributed by atoms with van der Waals surface area (Å²) in [5.74, 6) is -2.95. The van der Waals surface area contributed by atoms with Crippen LogP contribution in [0.25, 0.3) is 0 Å². The Labute approximate surface area is 154 Å². The van der Waals surface area contributed by atoms with Gasteiger partial charge in [0.1, 0.15) is 22.9 Å². The van der Waals surface area contributed by atoms with Gasteiger partial charge in [0.05, 0.1) is 7.11 Å². The van der Waals surface area contributed by atoms with Crippen molar-refractivity contribution in [3.63, 3.8) is 0 Å². The smallest absolute Gasteiger partial charge is 0.412 e. The van der Waals surface area contributed by atoms with E-state index in [0.717, 1.165) is 6.07 Å². The van der Waals surface area contributed by atoms with Gasteiger partial charge >= 0.3 is 12.1 Å². The number of benzene rings is 1. The molecule has 0 spiro atoms. The molecular weight excluding hydrogens is 362 g/mol. The van der Waals surface area contributed by atoms with Gasteiger partial charge in [0, 0.05) is 24.4 Å². The zero-order chi connectivity index (χ0) is 20.2. The molecule has 1 N–H and O–H groups in total. The first-order valence-electron chi connectivity index (χ1n) is 7.80. The molecule has 0 bridgehead atoms. The van der Waals surface area contributed by atoms with Crippen LogP contribution < -0.4 is 10.1 Å². The van der Waals surface area contributed by atoms with Crippen LogP contribution in [0.3, 0.4) is 0 Å². The van der Waals surface area contributed by atoms with Gasteiger partial charge in [-0.2, -0.15) is 0 Å². The van der Waals surface area contributed by atoms with Crippen molar-refractivity contribution in [2.24, 2.45) is 0 Å². The molecule has 0 unspecified atom stereocenters. The van der Waals surface area contributed by atoms with E-state index < -0.39 is 35.0 Å². The molecule has 144 valence electrons. The summed E-state index contributed by atoms with van der Waals surface area (Å²) in [4.78, 5) is 27.3. The second kappa shape index (κ2) is 7.98. The average Bonchev–Trinajstić information content (AvgIpc) is 2.56. The summed E-state index contributed by atoms with van der Waals surface area (Å²) in [6.45, 7) is 4.91. The molecular formula is C18H18F2N2O5. The third-order valence-electron chi connectivity index (χ3n) is 3.00. The second-order valence-electron chi connectivity index (χ2n) is 6.36. The van der Waals surface area contributed by atoms with Crippen molar-refractivity contribution in [2.45, 2.75) is 26.4 Å². The zero-order valence-electron chi connectivity index (χ0n) is 15.1. The number of carbonyl (C=O) groups excluding carboxylic acids is 2. The van der Waals surface area contributed by atoms with Gasteiger partial charge < -0.3 is 14.2 Å². The van der Waals surface area contributed by atoms with Crippen LogP contribution >= 0.6 is 0 Å². The Bertz CT molecular complexity index is 865. The van der Waals surface area contributed by atoms with E-state index in [1.165, 1.54) is 25.4 Å². The first-order chi connectivity index (χ1) is 12.6. The minimum absolute atomic E-state index is 0.0580. The largest absolute Gasteiger partial charge is 0.464 e. The molecule has 0 atom stereocenters. The molecule has 2 rings (SSSR count). The van der Waals surface area contributed by atoms with Gasteiger partial charge in [-0.3, -0.25) is 5.32 Å². The highest BCUT2D eigenvalue weighted by Gasteiger charge is 2.21. The Morgan fingerprint density at radius 2 is 1.85 bits per heavy atom. The third kappa shape index (κ3) is 5.63. The number of nitrogens with one attached hydrogen (secondary N) is 1. The first-order valence-corrected chi connectivity index (χ1v) is 7.80. The summed E-state index contributed by atoms with van der Waals surface area (Å²) in [6, 6.07) is 4.07. The number of esters is 1. The average molecular weight is 380 g/mol. The maximum absolute atomic E-state index is 14.2. The highest BCUT2D eigenvalue weighted by Crippen LogP contribution is 2.33. The summed E-state index contributed by atoms with van der Waals surface area (Å²) < 4.78 is 42.9. The lowest BCUT2D eigenvalue weighted by Gasteiger charge is -2.20. The number of hydrogen-bond donors (Lipinski definition) is 1. The summed E-state index contributed by atoms with van der Waals surface area (Å²) in [6.07, 6.45) is 0.320. The minimum Gasteiger partial charge on any atom is -0.464 e. The van der Waals surface area contributed by atoms with E-state index >= 15 is 0 Å². The highest BCUT2D eigenvalue weighted by atomic mass is 19.1. The zero-order valence-corrected chi connectivity index (χ0v) is 15.1. The molecule has 0 aliphatic heterocycles. The van der Waals surface area contributed by atoms with E-state index in [1.54, 1.807) is 20.8 Å². The van der Waals surface area contributed by atoms with Gasteiger partial charge in [-0.1, -0.05) is 0 Å². The molecule has 0 saturated carbocycles. The fourth-order valence-corrected chi connectivity index (χ4v) is 1.98. The van der Waals surface area contributed by atoms with E-state index in [9.17, 15) is 18.4 Å². The highest BCUT2D eigenvalue weighted by molar-refractivity contribution is 5.88. The van der Waals surface area contributed by atoms with Crippen molar-refractivity contribution in [2.75, 3.05) is 12.4 Å². The van der Waals surface area contributed by atoms with E-state index in [-0.39, 0.29) is 17.2 Å². The number of ether oxygens (including phenoxy) is 3. The van der Waals surface area contributed by atoms with Crippen LogP contribution in [0.2, 0.25) is 0 Å². The Hall–Kier alpha value is -3.23. The van der Waals surface area contributed by atoms with Crippen molar-refractivity contribution in [1.82, 2.24) is 4.98 Å². The van der Waals surface area contributed by atoms with Crippen LogP contribution in [0.4, 0.5) is 19.3 Å². The summed E-state index contributed by atoms with van der Waals surface area (Å²) >= 11 is 0. The van der Waals surface area contributed by atoms with E-state index in [1.807, 2.05) is 0 Å². The number of pyridine rings is 1. The first kappa shape index (κ1) is 20.1. The summed E-state index contributed by atoms with van der Waals surface area (Å²) in [7, 11) is 1.18. The van der Waals surface area contributed by atoms with Gasteiger partial charge in [0.15, 0.2) is 17.3 Å². The van der Waals surface area contributed by atoms with Gasteiger partial charge in [0.2, 0.25) is 0 Å². The normalized spacial score (nSPS) is 10.9. The lowest BCUT2D eigenvalue weighted by Crippen LogP contribution is -2.27. The van der Waals surface area contributed by atoms with Crippen LogP contribution in [0.5, 0.6) is 11.5 Å². The fraction of sp³-hybridized carbons (Fsp3) is 0.278. The molecule has 7 nitrogen and oxygen atoms in total. The molecule has 9 heteroatoms. The lowest BCUT2D eigenvalue weighted by atomic mass is 10.2. The number of methoxy groups -OCH3 is 1. The predicted molar refractivity (Wildman–Crippen MR) is 91.9 cm³/mol. The second-order valence-corrected chi connectivity index (χ2v) is 6.36. The standard InChI is InChI=1S/C18H18F2N2O5/c1-18(2,3)27-17(24)22-15-12(20)7-10(19)8-14(15)26-11-5-6-21-13(9-11)16(23)25-4/h5-9H,1-4H3,(H,22,24). The number of hydrogen-bond acceptors (Lipinski definition) is 6. The minimum atomic E-state index is -1.06. The molecule has 1 amide bonds. The van der Waals surface area contributed by atoms with Crippen molar-refractivity contribution < 1.29 is 32.6 Å². The van der Waals surface area contributed by atoms with E-state index in [0.29, 0.717) is 6.07 Å². The quantitative estimate of drug-likeness (QED) is 0.797. The molecule has 1 heterocycles. The number of amides is 1. The van der Waals surface area contributed by atoms with Crippen molar-refractivity contribution in [3.8, 4) is 11.5 Å². The number of halogens is 2. The lowest BCUT2D eigenvalue weighted by molar-refractivity contribution is 0.0591. The Kier molecular flexibility index (Phi) is 5.94. The molecule has 0 saturated heterocycles. The van der Waals surface area contributed by atoms with Crippen LogP contribution in [0, 0.1) is 11.6 Å². The van der Waals surface area contributed by atoms with E-state index in [4.69, 9.17) is 9.47 Å². The summed E-state index contributed by atoms with van der Waals surface area (Å²) in [5, 5.41) is 2.20. The maximum Gasteiger partial charge on any atom is 0.412 e. The number of aromatic nitrogens is 1. The number of carbonyl (C=O) groups is 2. The Morgan fingerprint density at radius 1 is 1.15 bits per heavy atom. The van der Waals surface area contributed by atoms with Crippen LogP contribution in [0.1, 0.15) is 31.3 Å². The fourth-order valence-electron chi connectivity index (χ4n) is 1.98. The van der Waals surface area contributed by atoms with Crippen LogP contribution in [0.15, 0.2) is 30.5 Å². The summed E-state index contributed by atoms with van der Waals surface area (Å²) in [5.41, 5.74) is -1.29.